The van der Waals surface area contributed by atoms with Crippen molar-refractivity contribution >= 4 is 35.5 Å². The number of piperidine rings is 1. The average molecular weight is 508 g/mol. The van der Waals surface area contributed by atoms with Gasteiger partial charge in [-0.2, -0.15) is 5.10 Å². The van der Waals surface area contributed by atoms with Crippen LogP contribution in [-0.4, -0.2) is 66.2 Å². The van der Waals surface area contributed by atoms with Gasteiger partial charge in [-0.1, -0.05) is 25.7 Å². The van der Waals surface area contributed by atoms with Crippen molar-refractivity contribution in [2.24, 2.45) is 10.4 Å². The van der Waals surface area contributed by atoms with Crippen LogP contribution in [0.15, 0.2) is 48.4 Å². The summed E-state index contributed by atoms with van der Waals surface area (Å²) in [5.41, 5.74) is 3.99. The van der Waals surface area contributed by atoms with Gasteiger partial charge >= 0.3 is 0 Å². The molecule has 193 valence electrons. The Labute approximate surface area is 223 Å². The van der Waals surface area contributed by atoms with Gasteiger partial charge in [0.1, 0.15) is 18.1 Å². The van der Waals surface area contributed by atoms with E-state index in [-0.39, 0.29) is 35.6 Å². The molecule has 0 aromatic carbocycles. The third-order valence-electron chi connectivity index (χ3n) is 7.50. The van der Waals surface area contributed by atoms with E-state index in [1.165, 1.54) is 13.1 Å². The maximum atomic E-state index is 13.8. The fourth-order valence-electron chi connectivity index (χ4n) is 5.61. The molecule has 3 aromatic heterocycles. The Hall–Kier alpha value is -3.95. The number of carbonyl (C=O) groups is 2. The number of Topliss-reactive ketones (excluding diaryl/α,β-unsaturated/α-hetero) is 1. The van der Waals surface area contributed by atoms with Crippen LogP contribution in [0.25, 0.3) is 22.2 Å². The molecular weight excluding hydrogens is 477 g/mol. The lowest BCUT2D eigenvalue weighted by Crippen LogP contribution is -2.45. The number of aromatic nitrogens is 5. The molecule has 1 amide bonds. The van der Waals surface area contributed by atoms with E-state index in [1.807, 2.05) is 51.2 Å². The summed E-state index contributed by atoms with van der Waals surface area (Å²) in [5, 5.41) is 5.27. The fraction of sp³-hybridized carbons (Fsp3) is 0.393. The van der Waals surface area contributed by atoms with Gasteiger partial charge in [0.2, 0.25) is 13.2 Å². The SMILES string of the molecule is C=CN=C([B][C@@H]1C[C@@]2(C)C[C@H]2N1C(=O)Cn1nc(C(C)=O)c2cc(-c3cnc(C)nc3)nc(C)c21)/C=C\C. The largest absolute Gasteiger partial charge is 0.342 e. The van der Waals surface area contributed by atoms with Gasteiger partial charge in [0.25, 0.3) is 0 Å². The second kappa shape index (κ2) is 9.74. The summed E-state index contributed by atoms with van der Waals surface area (Å²) in [6.45, 7) is 13.1. The molecule has 5 rings (SSSR count). The maximum Gasteiger partial charge on any atom is 0.244 e. The number of aryl methyl sites for hydroxylation is 2. The zero-order chi connectivity index (χ0) is 27.2. The number of pyridine rings is 1. The Morgan fingerprint density at radius 1 is 1.26 bits per heavy atom. The van der Waals surface area contributed by atoms with E-state index in [0.29, 0.717) is 33.8 Å². The first-order valence-electron chi connectivity index (χ1n) is 12.8. The minimum atomic E-state index is -0.170. The molecule has 9 nitrogen and oxygen atoms in total. The highest BCUT2D eigenvalue weighted by Crippen LogP contribution is 2.59. The Kier molecular flexibility index (Phi) is 6.59. The molecule has 1 aliphatic heterocycles. The summed E-state index contributed by atoms with van der Waals surface area (Å²) < 4.78 is 1.63. The summed E-state index contributed by atoms with van der Waals surface area (Å²) in [4.78, 5) is 46.0. The molecule has 0 bridgehead atoms. The van der Waals surface area contributed by atoms with Gasteiger partial charge in [-0.3, -0.25) is 24.2 Å². The average Bonchev–Trinajstić information content (AvgIpc) is 3.22. The zero-order valence-electron chi connectivity index (χ0n) is 22.5. The fourth-order valence-corrected chi connectivity index (χ4v) is 5.61. The Morgan fingerprint density at radius 2 is 2.00 bits per heavy atom. The maximum absolute atomic E-state index is 13.8. The minimum absolute atomic E-state index is 0.0216. The van der Waals surface area contributed by atoms with Crippen molar-refractivity contribution < 1.29 is 9.59 Å². The van der Waals surface area contributed by atoms with Gasteiger partial charge in [-0.05, 0) is 50.7 Å². The van der Waals surface area contributed by atoms with Crippen molar-refractivity contribution in [2.75, 3.05) is 0 Å². The summed E-state index contributed by atoms with van der Waals surface area (Å²) in [5.74, 6) is 0.394. The molecule has 1 aliphatic carbocycles. The van der Waals surface area contributed by atoms with Gasteiger partial charge < -0.3 is 4.90 Å². The molecule has 1 saturated heterocycles. The van der Waals surface area contributed by atoms with Crippen molar-refractivity contribution in [3.8, 4) is 11.3 Å². The van der Waals surface area contributed by atoms with E-state index < -0.39 is 0 Å². The van der Waals surface area contributed by atoms with E-state index in [2.05, 4.69) is 33.6 Å². The monoisotopic (exact) mass is 508 g/mol. The van der Waals surface area contributed by atoms with Crippen LogP contribution in [0.2, 0.25) is 0 Å². The van der Waals surface area contributed by atoms with Crippen LogP contribution in [0.1, 0.15) is 55.6 Å². The first-order chi connectivity index (χ1) is 18.1. The van der Waals surface area contributed by atoms with Crippen molar-refractivity contribution in [3.63, 3.8) is 0 Å². The van der Waals surface area contributed by atoms with E-state index in [1.54, 1.807) is 17.1 Å². The summed E-state index contributed by atoms with van der Waals surface area (Å²) in [6.07, 6.45) is 10.7. The van der Waals surface area contributed by atoms with E-state index in [4.69, 9.17) is 4.98 Å². The number of fused-ring (bicyclic) bond motifs is 2. The number of aliphatic imine (C=N–C) groups is 1. The molecule has 0 N–H and O–H groups in total. The van der Waals surface area contributed by atoms with Crippen LogP contribution in [0.5, 0.6) is 0 Å². The number of nitrogens with zero attached hydrogens (tertiary/aromatic N) is 7. The lowest BCUT2D eigenvalue weighted by molar-refractivity contribution is -0.132. The standard InChI is InChI=1S/C28H31BN7O2/c1-7-9-23(30-8-2)29-24-12-28(6)11-22(28)36(24)25(38)15-35-27-16(3)33-21(19-13-31-18(5)32-14-19)10-20(27)26(34-35)17(4)37/h7-10,13-14,22,24H,2,11-12,15H2,1,3-6H3/b9-7-,30-23?/t22-,24+,28-/m1/s1. The van der Waals surface area contributed by atoms with Crippen molar-refractivity contribution in [1.82, 2.24) is 29.6 Å². The van der Waals surface area contributed by atoms with E-state index in [0.717, 1.165) is 24.0 Å². The number of hydrogen-bond acceptors (Lipinski definition) is 7. The van der Waals surface area contributed by atoms with E-state index in [9.17, 15) is 9.59 Å². The summed E-state index contributed by atoms with van der Waals surface area (Å²) >= 11 is 0. The van der Waals surface area contributed by atoms with Gasteiger partial charge in [-0.15, -0.1) is 0 Å². The van der Waals surface area contributed by atoms with Crippen LogP contribution >= 0.6 is 0 Å². The smallest absolute Gasteiger partial charge is 0.244 e. The second-order valence-electron chi connectivity index (χ2n) is 10.4. The van der Waals surface area contributed by atoms with E-state index >= 15 is 0 Å². The van der Waals surface area contributed by atoms with Crippen molar-refractivity contribution in [3.05, 3.63) is 60.6 Å². The van der Waals surface area contributed by atoms with Crippen LogP contribution < -0.4 is 0 Å². The predicted molar refractivity (Wildman–Crippen MR) is 148 cm³/mol. The first-order valence-corrected chi connectivity index (χ1v) is 12.8. The van der Waals surface area contributed by atoms with Crippen LogP contribution in [-0.2, 0) is 11.3 Å². The quantitative estimate of drug-likeness (QED) is 0.260. The van der Waals surface area contributed by atoms with Crippen molar-refractivity contribution in [2.45, 2.75) is 66.0 Å². The molecule has 2 aliphatic rings. The molecule has 1 saturated carbocycles. The third kappa shape index (κ3) is 4.59. The summed E-state index contributed by atoms with van der Waals surface area (Å²) in [6, 6.07) is 2.02. The number of rotatable bonds is 8. The number of ketones is 1. The zero-order valence-corrected chi connectivity index (χ0v) is 22.5. The minimum Gasteiger partial charge on any atom is -0.342 e. The van der Waals surface area contributed by atoms with Gasteiger partial charge in [0, 0.05) is 48.5 Å². The van der Waals surface area contributed by atoms with Crippen LogP contribution in [0.4, 0.5) is 0 Å². The predicted octanol–water partition coefficient (Wildman–Crippen LogP) is 3.87. The third-order valence-corrected chi connectivity index (χ3v) is 7.50. The number of hydrogen-bond donors (Lipinski definition) is 0. The van der Waals surface area contributed by atoms with Crippen molar-refractivity contribution in [1.29, 1.82) is 0 Å². The highest BCUT2D eigenvalue weighted by Gasteiger charge is 2.62. The van der Waals surface area contributed by atoms with Crippen LogP contribution in [0.3, 0.4) is 0 Å². The van der Waals surface area contributed by atoms with Crippen LogP contribution in [0, 0.1) is 19.3 Å². The molecule has 0 unspecified atom stereocenters. The summed E-state index contributed by atoms with van der Waals surface area (Å²) in [7, 11) is 2.04. The number of likely N-dealkylation sites (tertiary alicyclic amines) is 1. The number of allylic oxidation sites excluding steroid dienone is 2. The molecule has 3 aromatic rings. The van der Waals surface area contributed by atoms with Gasteiger partial charge in [0.05, 0.1) is 16.9 Å². The molecule has 2 fully saturated rings. The first kappa shape index (κ1) is 25.7. The number of amides is 1. The molecule has 4 heterocycles. The topological polar surface area (TPSA) is 106 Å². The second-order valence-corrected chi connectivity index (χ2v) is 10.4. The highest BCUT2D eigenvalue weighted by atomic mass is 16.2. The lowest BCUT2D eigenvalue weighted by atomic mass is 9.62. The molecule has 10 heteroatoms. The Morgan fingerprint density at radius 3 is 2.66 bits per heavy atom. The Bertz CT molecular complexity index is 1510. The highest BCUT2D eigenvalue weighted by molar-refractivity contribution is 6.79. The molecule has 0 spiro atoms. The van der Waals surface area contributed by atoms with Gasteiger partial charge in [-0.25, -0.2) is 9.97 Å². The Balaban J connectivity index is 1.49. The molecular formula is C28H31BN7O2. The van der Waals surface area contributed by atoms with Gasteiger partial charge in [0.15, 0.2) is 5.78 Å². The normalized spacial score (nSPS) is 22.7. The lowest BCUT2D eigenvalue weighted by Gasteiger charge is -2.27. The molecule has 1 radical (unpaired) electrons. The molecule has 38 heavy (non-hydrogen) atoms. The number of carbonyl (C=O) groups excluding carboxylic acids is 2. The molecule has 3 atom stereocenters.